The molecule has 9 heavy (non-hydrogen) atoms. The maximum atomic E-state index is 10.7. The van der Waals surface area contributed by atoms with Crippen LogP contribution in [0.15, 0.2) is 0 Å². The van der Waals surface area contributed by atoms with Gasteiger partial charge in [-0.25, -0.2) is 8.42 Å². The minimum atomic E-state index is -6.09. The summed E-state index contributed by atoms with van der Waals surface area (Å²) in [7, 11) is -6.09. The number of hydrogen-bond acceptors (Lipinski definition) is 3. The molecule has 0 rings (SSSR count). The number of alkyl halides is 3. The van der Waals surface area contributed by atoms with Gasteiger partial charge in [0.15, 0.2) is 10.1 Å². The first-order chi connectivity index (χ1) is 3.25. The Hall–Kier alpha value is 1.02. The molecule has 3 nitrogen and oxygen atoms in total. The van der Waals surface area contributed by atoms with E-state index in [-0.39, 0.29) is 39.9 Å². The number of rotatable bonds is 0. The largest absolute Gasteiger partial charge is 3.00 e. The molecule has 0 aliphatic heterocycles. The van der Waals surface area contributed by atoms with Crippen LogP contribution in [-0.2, 0) is 10.1 Å². The van der Waals surface area contributed by atoms with Crippen LogP contribution in [0.25, 0.3) is 0 Å². The van der Waals surface area contributed by atoms with Gasteiger partial charge in [-0.3, -0.25) is 0 Å². The van der Waals surface area contributed by atoms with E-state index in [2.05, 4.69) is 0 Å². The quantitative estimate of drug-likeness (QED) is 0.469. The van der Waals surface area contributed by atoms with Gasteiger partial charge in [0, 0.05) is 0 Å². The average Bonchev–Trinajstić information content (AvgIpc) is 1.25. The summed E-state index contributed by atoms with van der Waals surface area (Å²) in [4.78, 5) is 0. The van der Waals surface area contributed by atoms with Crippen LogP contribution >= 0.6 is 0 Å². The molecule has 0 aromatic rings. The van der Waals surface area contributed by atoms with Crippen molar-refractivity contribution in [1.29, 1.82) is 0 Å². The van der Waals surface area contributed by atoms with E-state index in [1.54, 1.807) is 0 Å². The first-order valence-electron chi connectivity index (χ1n) is 1.27. The van der Waals surface area contributed by atoms with Crippen LogP contribution in [0.4, 0.5) is 13.2 Å². The van der Waals surface area contributed by atoms with Crippen LogP contribution in [0, 0.1) is 39.9 Å². The van der Waals surface area contributed by atoms with Crippen molar-refractivity contribution in [3.8, 4) is 0 Å². The summed E-state index contributed by atoms with van der Waals surface area (Å²) in [6.07, 6.45) is 0. The molecule has 0 aliphatic rings. The molecule has 0 bridgehead atoms. The minimum absolute atomic E-state index is 0. The van der Waals surface area contributed by atoms with Gasteiger partial charge >= 0.3 is 45.4 Å². The standard InChI is InChI=1S/CHF3O3S.Gd/c2-1(3,4)8(5,6)7;/h(H,5,6,7);/q;+3/p-1. The van der Waals surface area contributed by atoms with Gasteiger partial charge in [0.1, 0.15) is 0 Å². The molecular weight excluding hydrogens is 306 g/mol. The van der Waals surface area contributed by atoms with Crippen LogP contribution < -0.4 is 0 Å². The van der Waals surface area contributed by atoms with Crippen molar-refractivity contribution in [1.82, 2.24) is 0 Å². The van der Waals surface area contributed by atoms with E-state index in [9.17, 15) is 13.2 Å². The van der Waals surface area contributed by atoms with Gasteiger partial charge in [0.25, 0.3) is 0 Å². The van der Waals surface area contributed by atoms with Crippen LogP contribution in [-0.4, -0.2) is 18.5 Å². The summed E-state index contributed by atoms with van der Waals surface area (Å²) < 4.78 is 58.9. The van der Waals surface area contributed by atoms with Gasteiger partial charge in [-0.1, -0.05) is 0 Å². The van der Waals surface area contributed by atoms with E-state index >= 15 is 0 Å². The molecule has 0 aliphatic carbocycles. The molecule has 0 amide bonds. The monoisotopic (exact) mass is 307 g/mol. The second-order valence-corrected chi connectivity index (χ2v) is 2.27. The zero-order valence-electron chi connectivity index (χ0n) is 3.62. The van der Waals surface area contributed by atoms with E-state index in [0.717, 1.165) is 0 Å². The van der Waals surface area contributed by atoms with Crippen molar-refractivity contribution >= 4 is 10.1 Å². The summed E-state index contributed by atoms with van der Waals surface area (Å²) in [6, 6.07) is 0. The molecule has 0 heterocycles. The van der Waals surface area contributed by atoms with Gasteiger partial charge in [0.05, 0.1) is 0 Å². The second-order valence-electron chi connectivity index (χ2n) is 0.900. The molecule has 0 aromatic heterocycles. The molecule has 8 heteroatoms. The van der Waals surface area contributed by atoms with Crippen molar-refractivity contribution in [2.45, 2.75) is 5.51 Å². The van der Waals surface area contributed by atoms with Gasteiger partial charge in [-0.2, -0.15) is 13.2 Å². The van der Waals surface area contributed by atoms with Gasteiger partial charge < -0.3 is 4.55 Å². The Balaban J connectivity index is 0. The Morgan fingerprint density at radius 2 is 1.33 bits per heavy atom. The molecule has 0 unspecified atom stereocenters. The SMILES string of the molecule is O=S(=O)([O-])C(F)(F)F.[Gd+3]. The summed E-state index contributed by atoms with van der Waals surface area (Å²) in [5, 5.41) is 0. The Morgan fingerprint density at radius 3 is 1.33 bits per heavy atom. The first kappa shape index (κ1) is 12.7. The zero-order valence-corrected chi connectivity index (χ0v) is 6.71. The van der Waals surface area contributed by atoms with Crippen LogP contribution in [0.2, 0.25) is 0 Å². The number of hydrogen-bond donors (Lipinski definition) is 0. The fourth-order valence-electron chi connectivity index (χ4n) is 0. The molecule has 0 atom stereocenters. The molecule has 0 N–H and O–H groups in total. The predicted octanol–water partition coefficient (Wildman–Crippen LogP) is 0.0514. The van der Waals surface area contributed by atoms with Crippen molar-refractivity contribution in [3.05, 3.63) is 0 Å². The normalized spacial score (nSPS) is 12.4. The minimum Gasteiger partial charge on any atom is -0.741 e. The number of halogens is 3. The first-order valence-corrected chi connectivity index (χ1v) is 2.68. The molecule has 55 valence electrons. The van der Waals surface area contributed by atoms with Gasteiger partial charge in [0.2, 0.25) is 0 Å². The molecule has 0 fully saturated rings. The van der Waals surface area contributed by atoms with E-state index in [0.29, 0.717) is 0 Å². The van der Waals surface area contributed by atoms with Gasteiger partial charge in [-0.15, -0.1) is 0 Å². The van der Waals surface area contributed by atoms with E-state index < -0.39 is 15.6 Å². The molecule has 0 saturated carbocycles. The summed E-state index contributed by atoms with van der Waals surface area (Å²) >= 11 is 0. The van der Waals surface area contributed by atoms with Crippen LogP contribution in [0.1, 0.15) is 0 Å². The van der Waals surface area contributed by atoms with Crippen molar-refractivity contribution in [3.63, 3.8) is 0 Å². The maximum absolute atomic E-state index is 10.7. The van der Waals surface area contributed by atoms with E-state index in [4.69, 9.17) is 13.0 Å². The zero-order chi connectivity index (χ0) is 7.00. The molecule has 0 spiro atoms. The predicted molar refractivity (Wildman–Crippen MR) is 15.8 cm³/mol. The summed E-state index contributed by atoms with van der Waals surface area (Å²) in [6.45, 7) is 0. The second kappa shape index (κ2) is 3.43. The third-order valence-electron chi connectivity index (χ3n) is 0.283. The molecule has 0 aromatic carbocycles. The van der Waals surface area contributed by atoms with E-state index in [1.165, 1.54) is 0 Å². The van der Waals surface area contributed by atoms with Crippen LogP contribution in [0.3, 0.4) is 0 Å². The van der Waals surface area contributed by atoms with Crippen molar-refractivity contribution in [2.75, 3.05) is 0 Å². The Labute approximate surface area is 81.0 Å². The maximum Gasteiger partial charge on any atom is 3.00 e. The Morgan fingerprint density at radius 1 is 1.22 bits per heavy atom. The summed E-state index contributed by atoms with van der Waals surface area (Å²) in [5.74, 6) is 0. The van der Waals surface area contributed by atoms with Gasteiger partial charge in [-0.05, 0) is 0 Å². The smallest absolute Gasteiger partial charge is 0.741 e. The van der Waals surface area contributed by atoms with Crippen LogP contribution in [0.5, 0.6) is 0 Å². The average molecular weight is 306 g/mol. The summed E-state index contributed by atoms with van der Waals surface area (Å²) in [5.41, 5.74) is -5.65. The third kappa shape index (κ3) is 4.43. The van der Waals surface area contributed by atoms with Crippen molar-refractivity contribution in [2.24, 2.45) is 0 Å². The molecule has 0 saturated heterocycles. The molecule has 1 radical (unpaired) electrons. The van der Waals surface area contributed by atoms with E-state index in [1.807, 2.05) is 0 Å². The fraction of sp³-hybridized carbons (Fsp3) is 1.00. The molecular formula is CF3GdO3S+2. The fourth-order valence-corrected chi connectivity index (χ4v) is 0. The van der Waals surface area contributed by atoms with Crippen molar-refractivity contribution < 1.29 is 66.1 Å². The Bertz CT molecular complexity index is 168. The third-order valence-corrected chi connectivity index (χ3v) is 0.850. The Kier molecular flexibility index (Phi) is 4.83. The topological polar surface area (TPSA) is 57.2 Å².